The summed E-state index contributed by atoms with van der Waals surface area (Å²) in [5.41, 5.74) is 2.11. The smallest absolute Gasteiger partial charge is 0.435 e. The lowest BCUT2D eigenvalue weighted by Gasteiger charge is -2.41. The summed E-state index contributed by atoms with van der Waals surface area (Å²) < 4.78 is 112. The van der Waals surface area contributed by atoms with Crippen molar-refractivity contribution in [3.05, 3.63) is 77.9 Å². The predicted octanol–water partition coefficient (Wildman–Crippen LogP) is 7.27. The molecule has 1 N–H and O–H groups in total. The average molecular weight is 547 g/mol. The van der Waals surface area contributed by atoms with E-state index in [1.165, 1.54) is 41.3 Å². The van der Waals surface area contributed by atoms with Crippen LogP contribution in [-0.2, 0) is 6.42 Å². The molecular weight excluding hydrogens is 526 g/mol. The summed E-state index contributed by atoms with van der Waals surface area (Å²) in [6.07, 6.45) is -12.0. The van der Waals surface area contributed by atoms with E-state index in [4.69, 9.17) is 0 Å². The number of nitrogens with zero attached hydrogens (tertiary/aromatic N) is 1. The predicted molar refractivity (Wildman–Crippen MR) is 122 cm³/mol. The monoisotopic (exact) mass is 547 g/mol. The highest BCUT2D eigenvalue weighted by Crippen LogP contribution is 2.44. The third-order valence-electron chi connectivity index (χ3n) is 6.10. The molecule has 1 aliphatic heterocycles. The topological polar surface area (TPSA) is 41.9 Å². The number of benzene rings is 3. The molecule has 1 aliphatic rings. The molecule has 0 saturated heterocycles. The average Bonchev–Trinajstić information content (AvgIpc) is 2.82. The van der Waals surface area contributed by atoms with E-state index in [-0.39, 0.29) is 12.2 Å². The number of alkyl halides is 8. The van der Waals surface area contributed by atoms with E-state index in [2.05, 4.69) is 9.47 Å². The first kappa shape index (κ1) is 27.5. The van der Waals surface area contributed by atoms with E-state index in [1.807, 2.05) is 0 Å². The number of ether oxygens (including phenoxy) is 2. The molecule has 0 fully saturated rings. The number of anilines is 1. The lowest BCUT2D eigenvalue weighted by atomic mass is 9.86. The van der Waals surface area contributed by atoms with Crippen molar-refractivity contribution in [3.63, 3.8) is 0 Å². The fraction of sp³-hybridized carbons (Fsp3) is 0.308. The minimum Gasteiger partial charge on any atom is -0.435 e. The Bertz CT molecular complexity index is 1260. The van der Waals surface area contributed by atoms with Crippen LogP contribution in [0.1, 0.15) is 23.6 Å². The Morgan fingerprint density at radius 1 is 0.895 bits per heavy atom. The highest BCUT2D eigenvalue weighted by molar-refractivity contribution is 5.76. The zero-order valence-electron chi connectivity index (χ0n) is 19.4. The maximum atomic E-state index is 13.4. The number of fused-ring (bicyclic) bond motifs is 1. The molecule has 3 aromatic carbocycles. The van der Waals surface area contributed by atoms with Crippen LogP contribution < -0.4 is 14.4 Å². The first-order chi connectivity index (χ1) is 17.8. The van der Waals surface area contributed by atoms with Crippen molar-refractivity contribution in [1.29, 1.82) is 0 Å². The quantitative estimate of drug-likeness (QED) is 0.316. The van der Waals surface area contributed by atoms with Crippen LogP contribution in [0.2, 0.25) is 0 Å². The normalized spacial score (nSPS) is 16.8. The van der Waals surface area contributed by atoms with E-state index in [0.717, 1.165) is 6.07 Å². The van der Waals surface area contributed by atoms with Crippen LogP contribution in [0.5, 0.6) is 11.5 Å². The van der Waals surface area contributed by atoms with Crippen molar-refractivity contribution in [2.45, 2.75) is 44.1 Å². The summed E-state index contributed by atoms with van der Waals surface area (Å²) in [5.74, 6) is -0.628. The van der Waals surface area contributed by atoms with Crippen LogP contribution in [0.25, 0.3) is 11.1 Å². The van der Waals surface area contributed by atoms with Crippen molar-refractivity contribution in [2.75, 3.05) is 11.4 Å². The summed E-state index contributed by atoms with van der Waals surface area (Å²) in [7, 11) is 0. The molecule has 2 unspecified atom stereocenters. The van der Waals surface area contributed by atoms with Crippen LogP contribution >= 0.6 is 0 Å². The van der Waals surface area contributed by atoms with Crippen molar-refractivity contribution >= 4 is 5.69 Å². The van der Waals surface area contributed by atoms with Gasteiger partial charge in [0.05, 0.1) is 12.6 Å². The van der Waals surface area contributed by atoms with Gasteiger partial charge in [-0.2, -0.15) is 22.0 Å². The van der Waals surface area contributed by atoms with Gasteiger partial charge >= 0.3 is 19.2 Å². The molecule has 4 nitrogen and oxygen atoms in total. The van der Waals surface area contributed by atoms with Crippen LogP contribution in [0.4, 0.5) is 40.8 Å². The maximum absolute atomic E-state index is 13.4. The summed E-state index contributed by atoms with van der Waals surface area (Å²) in [6.45, 7) is -3.96. The minimum atomic E-state index is -4.93. The van der Waals surface area contributed by atoms with Gasteiger partial charge in [-0.15, -0.1) is 13.2 Å². The molecular formula is C26H21F8NO3. The Hall–Kier alpha value is -3.54. The van der Waals surface area contributed by atoms with Gasteiger partial charge in [-0.05, 0) is 65.4 Å². The summed E-state index contributed by atoms with van der Waals surface area (Å²) >= 11 is 0. The van der Waals surface area contributed by atoms with Crippen molar-refractivity contribution in [3.8, 4) is 22.6 Å². The van der Waals surface area contributed by atoms with Gasteiger partial charge in [0.2, 0.25) is 0 Å². The molecule has 1 heterocycles. The first-order valence-electron chi connectivity index (χ1n) is 11.4. The highest BCUT2D eigenvalue weighted by atomic mass is 19.4. The van der Waals surface area contributed by atoms with Gasteiger partial charge in [-0.3, -0.25) is 0 Å². The highest BCUT2D eigenvalue weighted by Gasteiger charge is 2.42. The molecule has 0 aromatic heterocycles. The molecule has 0 saturated carbocycles. The Morgan fingerprint density at radius 3 is 2.26 bits per heavy atom. The SMILES string of the molecule is OC(CN1c2cccc(-c3cccc(OC(F)(F)F)c3)c2CCC1c1cccc(OC(F)F)c1)C(F)(F)F. The van der Waals surface area contributed by atoms with Crippen LogP contribution in [0, 0.1) is 0 Å². The second-order valence-electron chi connectivity index (χ2n) is 8.59. The van der Waals surface area contributed by atoms with Gasteiger partial charge < -0.3 is 19.5 Å². The van der Waals surface area contributed by atoms with Gasteiger partial charge in [0.1, 0.15) is 11.5 Å². The largest absolute Gasteiger partial charge is 0.573 e. The third-order valence-corrected chi connectivity index (χ3v) is 6.10. The molecule has 0 spiro atoms. The fourth-order valence-electron chi connectivity index (χ4n) is 4.60. The Labute approximate surface area is 212 Å². The van der Waals surface area contributed by atoms with E-state index in [9.17, 15) is 40.2 Å². The molecule has 12 heteroatoms. The number of hydrogen-bond acceptors (Lipinski definition) is 4. The molecule has 3 aromatic rings. The molecule has 38 heavy (non-hydrogen) atoms. The number of aliphatic hydroxyl groups is 1. The van der Waals surface area contributed by atoms with Crippen molar-refractivity contribution in [1.82, 2.24) is 0 Å². The molecule has 204 valence electrons. The van der Waals surface area contributed by atoms with Gasteiger partial charge in [-0.1, -0.05) is 36.4 Å². The number of aliphatic hydroxyl groups excluding tert-OH is 1. The molecule has 0 aliphatic carbocycles. The summed E-state index contributed by atoms with van der Waals surface area (Å²) in [6, 6.07) is 14.8. The Morgan fingerprint density at radius 2 is 1.58 bits per heavy atom. The summed E-state index contributed by atoms with van der Waals surface area (Å²) in [4.78, 5) is 1.33. The lowest BCUT2D eigenvalue weighted by molar-refractivity contribution is -0.274. The van der Waals surface area contributed by atoms with Gasteiger partial charge in [0.25, 0.3) is 0 Å². The van der Waals surface area contributed by atoms with Gasteiger partial charge in [-0.25, -0.2) is 0 Å². The molecule has 4 rings (SSSR count). The summed E-state index contributed by atoms with van der Waals surface area (Å²) in [5, 5.41) is 9.92. The minimum absolute atomic E-state index is 0.171. The van der Waals surface area contributed by atoms with E-state index in [1.54, 1.807) is 24.3 Å². The standard InChI is InChI=1S/C26H21F8NO3/c27-24(28)37-17-6-2-5-16(13-17)21-11-10-20-19(15-4-1-7-18(12-15)38-26(32,33)34)8-3-9-22(20)35(21)14-23(36)25(29,30)31/h1-9,12-13,21,23-24,36H,10-11,14H2. The number of hydrogen-bond donors (Lipinski definition) is 1. The van der Waals surface area contributed by atoms with Gasteiger partial charge in [0.15, 0.2) is 6.10 Å². The Balaban J connectivity index is 1.77. The zero-order chi connectivity index (χ0) is 27.7. The molecule has 0 amide bonds. The van der Waals surface area contributed by atoms with Crippen molar-refractivity contribution in [2.24, 2.45) is 0 Å². The zero-order valence-corrected chi connectivity index (χ0v) is 19.4. The van der Waals surface area contributed by atoms with Crippen LogP contribution in [0.15, 0.2) is 66.7 Å². The second-order valence-corrected chi connectivity index (χ2v) is 8.59. The van der Waals surface area contributed by atoms with Crippen molar-refractivity contribution < 1.29 is 49.7 Å². The fourth-order valence-corrected chi connectivity index (χ4v) is 4.60. The third kappa shape index (κ3) is 6.47. The lowest BCUT2D eigenvalue weighted by Crippen LogP contribution is -2.44. The number of β-amino-alcohol motifs (C(OH)–C–C–N with tert-alkyl or cyclic N) is 1. The maximum Gasteiger partial charge on any atom is 0.573 e. The van der Waals surface area contributed by atoms with Gasteiger partial charge in [0, 0.05) is 5.69 Å². The molecule has 2 atom stereocenters. The van der Waals surface area contributed by atoms with Crippen LogP contribution in [0.3, 0.4) is 0 Å². The van der Waals surface area contributed by atoms with E-state index >= 15 is 0 Å². The number of halogens is 8. The first-order valence-corrected chi connectivity index (χ1v) is 11.4. The Kier molecular flexibility index (Phi) is 7.73. The van der Waals surface area contributed by atoms with Crippen LogP contribution in [-0.4, -0.2) is 36.9 Å². The number of rotatable bonds is 7. The van der Waals surface area contributed by atoms with E-state index < -0.39 is 43.6 Å². The molecule has 0 radical (unpaired) electrons. The molecule has 0 bridgehead atoms. The second kappa shape index (κ2) is 10.7. The van der Waals surface area contributed by atoms with E-state index in [0.29, 0.717) is 34.4 Å².